The van der Waals surface area contributed by atoms with Crippen molar-refractivity contribution in [3.05, 3.63) is 193 Å². The lowest BCUT2D eigenvalue weighted by Gasteiger charge is -2.41. The van der Waals surface area contributed by atoms with Crippen LogP contribution in [0, 0.1) is 0 Å². The van der Waals surface area contributed by atoms with Gasteiger partial charge in [0.25, 0.3) is 6.71 Å². The molecule has 15 rings (SSSR count). The summed E-state index contributed by atoms with van der Waals surface area (Å²) in [5.74, 6) is 0. The Morgan fingerprint density at radius 1 is 0.368 bits per heavy atom. The van der Waals surface area contributed by atoms with Crippen LogP contribution < -0.4 is 21.3 Å². The number of hydrogen-bond acceptors (Lipinski definition) is 1. The number of anilines is 3. The van der Waals surface area contributed by atoms with Crippen molar-refractivity contribution in [1.82, 2.24) is 9.13 Å². The molecule has 0 fully saturated rings. The number of nitrogens with zero attached hydrogens (tertiary/aromatic N) is 3. The largest absolute Gasteiger partial charge is 0.311 e. The fourth-order valence-electron chi connectivity index (χ4n) is 12.8. The Hall–Kier alpha value is -7.82. The lowest BCUT2D eigenvalue weighted by atomic mass is 9.33. The van der Waals surface area contributed by atoms with E-state index in [1.54, 1.807) is 0 Å². The lowest BCUT2D eigenvalue weighted by Crippen LogP contribution is -2.60. The van der Waals surface area contributed by atoms with Gasteiger partial charge in [-0.3, -0.25) is 0 Å². The van der Waals surface area contributed by atoms with Crippen molar-refractivity contribution < 1.29 is 0 Å². The first-order chi connectivity index (χ1) is 33.0. The van der Waals surface area contributed by atoms with Gasteiger partial charge >= 0.3 is 0 Å². The highest BCUT2D eigenvalue weighted by Crippen LogP contribution is 2.52. The Bertz CT molecular complexity index is 4230. The van der Waals surface area contributed by atoms with Gasteiger partial charge in [0.15, 0.2) is 0 Å². The minimum atomic E-state index is -0.0393. The second-order valence-corrected chi connectivity index (χ2v) is 21.7. The van der Waals surface area contributed by atoms with E-state index in [1.807, 2.05) is 0 Å². The maximum atomic E-state index is 2.68. The van der Waals surface area contributed by atoms with E-state index in [0.29, 0.717) is 0 Å². The molecule has 68 heavy (non-hydrogen) atoms. The van der Waals surface area contributed by atoms with Crippen LogP contribution >= 0.6 is 0 Å². The van der Waals surface area contributed by atoms with Crippen LogP contribution in [-0.4, -0.2) is 15.8 Å². The predicted molar refractivity (Wildman–Crippen MR) is 291 cm³/mol. The normalized spacial score (nSPS) is 13.7. The summed E-state index contributed by atoms with van der Waals surface area (Å²) in [6.07, 6.45) is 0. The molecule has 0 atom stereocenters. The van der Waals surface area contributed by atoms with Gasteiger partial charge in [-0.05, 0) is 131 Å². The van der Waals surface area contributed by atoms with Crippen molar-refractivity contribution >= 4 is 105 Å². The van der Waals surface area contributed by atoms with Gasteiger partial charge in [-0.15, -0.1) is 0 Å². The number of aromatic nitrogens is 2. The van der Waals surface area contributed by atoms with Crippen LogP contribution in [0.1, 0.15) is 52.7 Å². The molecule has 4 heterocycles. The SMILES string of the molecule is CC(C)(C)c1ccc(N2c3ccc(C(C)(C)C)cc3B3c4c2cc(-n2c5ccccc5c5c6ccccc6ccc52)cc4-n2c4ccc5cccc6c5c4c4c(ccc3c42)-c2ccccc2-6)cc1. The number of para-hydroxylation sites is 1. The van der Waals surface area contributed by atoms with Crippen molar-refractivity contribution in [1.29, 1.82) is 0 Å². The minimum Gasteiger partial charge on any atom is -0.311 e. The summed E-state index contributed by atoms with van der Waals surface area (Å²) in [6.45, 7) is 14.0. The van der Waals surface area contributed by atoms with E-state index < -0.39 is 0 Å². The van der Waals surface area contributed by atoms with Crippen LogP contribution in [0.2, 0.25) is 0 Å². The highest BCUT2D eigenvalue weighted by molar-refractivity contribution is 7.00. The standard InChI is InChI=1S/C64H48BN3/c1-63(2,3)39-24-27-41(28-25-39)66-52-33-26-40(64(4,5)6)34-50(52)65-49-30-29-47-45-18-10-9-17-44(45)46-20-13-15-38-23-32-54-60(57(38)46)59(47)62(49)68(54)56-36-42(35-55(66)61(56)65)67-51-21-12-11-19-48(51)58-43-16-8-7-14-37(43)22-31-53(58)67/h7-36H,1-6H3. The van der Waals surface area contributed by atoms with Gasteiger partial charge in [-0.25, -0.2) is 0 Å². The molecule has 10 aromatic carbocycles. The second-order valence-electron chi connectivity index (χ2n) is 21.7. The predicted octanol–water partition coefficient (Wildman–Crippen LogP) is 15.0. The van der Waals surface area contributed by atoms with Gasteiger partial charge < -0.3 is 14.0 Å². The molecule has 2 aromatic heterocycles. The summed E-state index contributed by atoms with van der Waals surface area (Å²) in [4.78, 5) is 2.59. The van der Waals surface area contributed by atoms with Gasteiger partial charge in [0, 0.05) is 44.3 Å². The number of fused-ring (bicyclic) bond motifs is 13. The maximum absolute atomic E-state index is 2.68. The van der Waals surface area contributed by atoms with Gasteiger partial charge in [-0.2, -0.15) is 0 Å². The van der Waals surface area contributed by atoms with E-state index in [1.165, 1.54) is 138 Å². The van der Waals surface area contributed by atoms with Crippen LogP contribution in [0.25, 0.3) is 98.8 Å². The first-order valence-electron chi connectivity index (χ1n) is 24.3. The molecule has 4 heteroatoms. The third-order valence-electron chi connectivity index (χ3n) is 15.9. The zero-order valence-corrected chi connectivity index (χ0v) is 39.2. The Morgan fingerprint density at radius 3 is 1.78 bits per heavy atom. The first-order valence-corrected chi connectivity index (χ1v) is 24.3. The van der Waals surface area contributed by atoms with Crippen LogP contribution in [-0.2, 0) is 10.8 Å². The highest BCUT2D eigenvalue weighted by atomic mass is 15.2. The molecule has 12 aromatic rings. The molecule has 2 aliphatic heterocycles. The number of rotatable bonds is 2. The molecular formula is C64H48BN3. The van der Waals surface area contributed by atoms with Crippen LogP contribution in [0.3, 0.4) is 0 Å². The average Bonchev–Trinajstić information content (AvgIpc) is 3.85. The van der Waals surface area contributed by atoms with Crippen molar-refractivity contribution in [2.45, 2.75) is 52.4 Å². The van der Waals surface area contributed by atoms with E-state index in [0.717, 1.165) is 5.69 Å². The summed E-state index contributed by atoms with van der Waals surface area (Å²) < 4.78 is 5.22. The maximum Gasteiger partial charge on any atom is 0.252 e. The van der Waals surface area contributed by atoms with E-state index in [2.05, 4.69) is 238 Å². The zero-order chi connectivity index (χ0) is 45.5. The smallest absolute Gasteiger partial charge is 0.252 e. The van der Waals surface area contributed by atoms with Gasteiger partial charge in [0.2, 0.25) is 0 Å². The Labute approximate surface area is 396 Å². The average molecular weight is 870 g/mol. The molecule has 0 radical (unpaired) electrons. The van der Waals surface area contributed by atoms with Crippen LogP contribution in [0.15, 0.2) is 182 Å². The van der Waals surface area contributed by atoms with Crippen molar-refractivity contribution in [2.24, 2.45) is 0 Å². The molecule has 3 nitrogen and oxygen atoms in total. The Morgan fingerprint density at radius 2 is 1.00 bits per heavy atom. The summed E-state index contributed by atoms with van der Waals surface area (Å²) in [5, 5.41) is 10.4. The summed E-state index contributed by atoms with van der Waals surface area (Å²) in [7, 11) is 0. The summed E-state index contributed by atoms with van der Waals surface area (Å²) in [6, 6.07) is 70.0. The molecule has 0 saturated heterocycles. The monoisotopic (exact) mass is 869 g/mol. The summed E-state index contributed by atoms with van der Waals surface area (Å²) in [5.41, 5.74) is 22.9. The molecule has 0 amide bonds. The third-order valence-corrected chi connectivity index (χ3v) is 15.9. The van der Waals surface area contributed by atoms with Crippen molar-refractivity contribution in [3.8, 4) is 33.6 Å². The molecule has 0 spiro atoms. The molecular weight excluding hydrogens is 822 g/mol. The fraction of sp³-hybridized carbons (Fsp3) is 0.125. The lowest BCUT2D eigenvalue weighted by molar-refractivity contribution is 0.590. The number of benzene rings is 10. The van der Waals surface area contributed by atoms with Crippen molar-refractivity contribution in [3.63, 3.8) is 0 Å². The van der Waals surface area contributed by atoms with Crippen LogP contribution in [0.5, 0.6) is 0 Å². The Kier molecular flexibility index (Phi) is 7.32. The van der Waals surface area contributed by atoms with Gasteiger partial charge in [0.1, 0.15) is 0 Å². The first kappa shape index (κ1) is 38.3. The quantitative estimate of drug-likeness (QED) is 0.158. The van der Waals surface area contributed by atoms with E-state index in [9.17, 15) is 0 Å². The van der Waals surface area contributed by atoms with Crippen molar-refractivity contribution in [2.75, 3.05) is 4.90 Å². The summed E-state index contributed by atoms with van der Waals surface area (Å²) >= 11 is 0. The second kappa shape index (κ2) is 13.0. The highest BCUT2D eigenvalue weighted by Gasteiger charge is 2.44. The molecule has 0 unspecified atom stereocenters. The fourth-order valence-corrected chi connectivity index (χ4v) is 12.8. The van der Waals surface area contributed by atoms with Gasteiger partial charge in [0.05, 0.1) is 27.8 Å². The van der Waals surface area contributed by atoms with E-state index >= 15 is 0 Å². The van der Waals surface area contributed by atoms with E-state index in [4.69, 9.17) is 0 Å². The number of hydrogen-bond donors (Lipinski definition) is 0. The van der Waals surface area contributed by atoms with E-state index in [-0.39, 0.29) is 17.5 Å². The van der Waals surface area contributed by atoms with Crippen LogP contribution in [0.4, 0.5) is 17.1 Å². The zero-order valence-electron chi connectivity index (χ0n) is 39.2. The Balaban J connectivity index is 1.15. The molecule has 322 valence electrons. The molecule has 1 aliphatic carbocycles. The molecule has 3 aliphatic rings. The topological polar surface area (TPSA) is 13.1 Å². The molecule has 0 N–H and O–H groups in total. The third kappa shape index (κ3) is 4.89. The minimum absolute atomic E-state index is 0.00589. The molecule has 0 saturated carbocycles. The van der Waals surface area contributed by atoms with Gasteiger partial charge in [-0.1, -0.05) is 175 Å². The molecule has 0 bridgehead atoms.